The summed E-state index contributed by atoms with van der Waals surface area (Å²) >= 11 is 1.03. The van der Waals surface area contributed by atoms with Gasteiger partial charge in [0.2, 0.25) is 0 Å². The highest BCUT2D eigenvalue weighted by molar-refractivity contribution is 7.15. The molecule has 7 nitrogen and oxygen atoms in total. The number of nitrogens with one attached hydrogen (secondary N) is 1. The maximum atomic E-state index is 12.1. The van der Waals surface area contributed by atoms with Crippen molar-refractivity contribution in [3.8, 4) is 11.5 Å². The molecule has 138 valence electrons. The summed E-state index contributed by atoms with van der Waals surface area (Å²) in [5.74, 6) is -0.400. The summed E-state index contributed by atoms with van der Waals surface area (Å²) < 4.78 is 10.9. The number of carboxylic acids is 1. The lowest BCUT2D eigenvalue weighted by atomic mass is 10.3. The molecule has 1 N–H and O–H groups in total. The fourth-order valence-corrected chi connectivity index (χ4v) is 2.75. The first-order valence-corrected chi connectivity index (χ1v) is 8.77. The zero-order valence-electron chi connectivity index (χ0n) is 14.6. The van der Waals surface area contributed by atoms with Crippen molar-refractivity contribution in [2.45, 2.75) is 26.9 Å². The van der Waals surface area contributed by atoms with Gasteiger partial charge in [-0.2, -0.15) is 5.10 Å². The van der Waals surface area contributed by atoms with Gasteiger partial charge in [0, 0.05) is 0 Å². The van der Waals surface area contributed by atoms with Gasteiger partial charge in [-0.3, -0.25) is 4.79 Å². The van der Waals surface area contributed by atoms with E-state index in [2.05, 4.69) is 10.5 Å². The van der Waals surface area contributed by atoms with Crippen LogP contribution < -0.4 is 20.0 Å². The molecule has 1 aromatic heterocycles. The Hall–Kier alpha value is -2.87. The molecule has 0 radical (unpaired) electrons. The predicted octanol–water partition coefficient (Wildman–Crippen LogP) is 1.82. The second-order valence-corrected chi connectivity index (χ2v) is 6.37. The van der Waals surface area contributed by atoms with Crippen LogP contribution in [-0.4, -0.2) is 30.3 Å². The Balaban J connectivity index is 1.92. The summed E-state index contributed by atoms with van der Waals surface area (Å²) in [6.45, 7) is 5.75. The van der Waals surface area contributed by atoms with E-state index in [0.29, 0.717) is 22.9 Å². The SMILES string of the molecule is CCOc1ccc(O[C@@H](C)C(=O)N/N=C(/C)c2ccc(C(=O)[O-])s2)cc1. The van der Waals surface area contributed by atoms with Crippen LogP contribution in [0.3, 0.4) is 0 Å². The number of hydrogen-bond acceptors (Lipinski definition) is 7. The summed E-state index contributed by atoms with van der Waals surface area (Å²) in [6, 6.07) is 10.0. The van der Waals surface area contributed by atoms with E-state index in [-0.39, 0.29) is 4.88 Å². The Kier molecular flexibility index (Phi) is 6.74. The monoisotopic (exact) mass is 375 g/mol. The first kappa shape index (κ1) is 19.5. The molecule has 0 saturated heterocycles. The fourth-order valence-electron chi connectivity index (χ4n) is 1.97. The topological polar surface area (TPSA) is 100 Å². The minimum atomic E-state index is -1.24. The molecule has 1 atom stereocenters. The zero-order valence-corrected chi connectivity index (χ0v) is 15.5. The molecule has 0 saturated carbocycles. The first-order chi connectivity index (χ1) is 12.4. The Morgan fingerprint density at radius 2 is 1.77 bits per heavy atom. The van der Waals surface area contributed by atoms with Gasteiger partial charge in [0.15, 0.2) is 6.10 Å². The van der Waals surface area contributed by atoms with E-state index >= 15 is 0 Å². The average molecular weight is 375 g/mol. The summed E-state index contributed by atoms with van der Waals surface area (Å²) in [5.41, 5.74) is 2.90. The van der Waals surface area contributed by atoms with Crippen LogP contribution in [0.4, 0.5) is 0 Å². The number of carbonyl (C=O) groups is 2. The highest BCUT2D eigenvalue weighted by atomic mass is 32.1. The van der Waals surface area contributed by atoms with E-state index in [1.165, 1.54) is 6.07 Å². The molecule has 1 heterocycles. The maximum Gasteiger partial charge on any atom is 0.280 e. The number of hydrazone groups is 1. The number of hydrogen-bond donors (Lipinski definition) is 1. The lowest BCUT2D eigenvalue weighted by Gasteiger charge is -2.13. The van der Waals surface area contributed by atoms with Gasteiger partial charge in [0.1, 0.15) is 11.5 Å². The largest absolute Gasteiger partial charge is 0.544 e. The van der Waals surface area contributed by atoms with Crippen molar-refractivity contribution in [2.24, 2.45) is 5.10 Å². The van der Waals surface area contributed by atoms with Crippen molar-refractivity contribution >= 4 is 28.9 Å². The third-order valence-corrected chi connectivity index (χ3v) is 4.49. The van der Waals surface area contributed by atoms with Crippen molar-refractivity contribution in [3.05, 3.63) is 46.2 Å². The Labute approximate surface area is 155 Å². The van der Waals surface area contributed by atoms with Crippen LogP contribution in [0.25, 0.3) is 0 Å². The third-order valence-electron chi connectivity index (χ3n) is 3.31. The van der Waals surface area contributed by atoms with Crippen LogP contribution in [0.5, 0.6) is 11.5 Å². The summed E-state index contributed by atoms with van der Waals surface area (Å²) in [6.07, 6.45) is -0.758. The molecule has 2 aromatic rings. The Bertz CT molecular complexity index is 798. The van der Waals surface area contributed by atoms with Crippen molar-refractivity contribution in [2.75, 3.05) is 6.61 Å². The molecule has 0 spiro atoms. The van der Waals surface area contributed by atoms with Crippen LogP contribution in [-0.2, 0) is 4.79 Å². The van der Waals surface area contributed by atoms with Crippen LogP contribution in [0, 0.1) is 0 Å². The lowest BCUT2D eigenvalue weighted by Crippen LogP contribution is -2.33. The molecule has 0 fully saturated rings. The quantitative estimate of drug-likeness (QED) is 0.560. The molecule has 1 amide bonds. The van der Waals surface area contributed by atoms with Crippen LogP contribution in [0.1, 0.15) is 35.3 Å². The summed E-state index contributed by atoms with van der Waals surface area (Å²) in [4.78, 5) is 23.6. The molecule has 0 bridgehead atoms. The molecular formula is C18H19N2O5S-. The van der Waals surface area contributed by atoms with E-state index in [1.807, 2.05) is 6.92 Å². The molecular weight excluding hydrogens is 356 g/mol. The lowest BCUT2D eigenvalue weighted by molar-refractivity contribution is -0.254. The second kappa shape index (κ2) is 9.00. The number of nitrogens with zero attached hydrogens (tertiary/aromatic N) is 1. The molecule has 8 heteroatoms. The number of benzene rings is 1. The van der Waals surface area contributed by atoms with Gasteiger partial charge in [0.25, 0.3) is 5.91 Å². The van der Waals surface area contributed by atoms with E-state index in [9.17, 15) is 14.7 Å². The molecule has 26 heavy (non-hydrogen) atoms. The van der Waals surface area contributed by atoms with Gasteiger partial charge in [-0.1, -0.05) is 0 Å². The van der Waals surface area contributed by atoms with Gasteiger partial charge < -0.3 is 19.4 Å². The van der Waals surface area contributed by atoms with Crippen molar-refractivity contribution in [3.63, 3.8) is 0 Å². The average Bonchev–Trinajstić information content (AvgIpc) is 3.11. The van der Waals surface area contributed by atoms with Crippen molar-refractivity contribution in [1.29, 1.82) is 0 Å². The van der Waals surface area contributed by atoms with Crippen molar-refractivity contribution in [1.82, 2.24) is 5.43 Å². The highest BCUT2D eigenvalue weighted by Gasteiger charge is 2.14. The van der Waals surface area contributed by atoms with Gasteiger partial charge in [-0.25, -0.2) is 5.43 Å². The number of amides is 1. The van der Waals surface area contributed by atoms with Gasteiger partial charge in [-0.15, -0.1) is 11.3 Å². The Morgan fingerprint density at radius 1 is 1.15 bits per heavy atom. The van der Waals surface area contributed by atoms with Gasteiger partial charge in [-0.05, 0) is 57.2 Å². The van der Waals surface area contributed by atoms with Crippen molar-refractivity contribution < 1.29 is 24.2 Å². The number of carbonyl (C=O) groups excluding carboxylic acids is 2. The first-order valence-electron chi connectivity index (χ1n) is 7.96. The van der Waals surface area contributed by atoms with E-state index in [0.717, 1.165) is 17.1 Å². The molecule has 0 unspecified atom stereocenters. The van der Waals surface area contributed by atoms with E-state index in [4.69, 9.17) is 9.47 Å². The maximum absolute atomic E-state index is 12.1. The normalized spacial score (nSPS) is 12.3. The predicted molar refractivity (Wildman–Crippen MR) is 96.7 cm³/mol. The minimum Gasteiger partial charge on any atom is -0.544 e. The zero-order chi connectivity index (χ0) is 19.1. The standard InChI is InChI=1S/C18H20N2O5S/c1-4-24-13-5-7-14(8-6-13)25-12(3)17(21)20-19-11(2)15-9-10-16(26-15)18(22)23/h5-10,12H,4H2,1-3H3,(H,20,21)(H,22,23)/p-1/b19-11-/t12-/m0/s1. The highest BCUT2D eigenvalue weighted by Crippen LogP contribution is 2.19. The fraction of sp³-hybridized carbons (Fsp3) is 0.278. The smallest absolute Gasteiger partial charge is 0.280 e. The summed E-state index contributed by atoms with van der Waals surface area (Å²) in [5, 5.41) is 14.8. The molecule has 2 rings (SSSR count). The molecule has 0 aliphatic heterocycles. The number of ether oxygens (including phenoxy) is 2. The molecule has 0 aliphatic rings. The molecule has 0 aliphatic carbocycles. The second-order valence-electron chi connectivity index (χ2n) is 5.29. The van der Waals surface area contributed by atoms with Crippen LogP contribution in [0.2, 0.25) is 0 Å². The van der Waals surface area contributed by atoms with Gasteiger partial charge in [0.05, 0.1) is 28.0 Å². The minimum absolute atomic E-state index is 0.105. The summed E-state index contributed by atoms with van der Waals surface area (Å²) in [7, 11) is 0. The third kappa shape index (κ3) is 5.32. The van der Waals surface area contributed by atoms with Gasteiger partial charge >= 0.3 is 0 Å². The van der Waals surface area contributed by atoms with Crippen LogP contribution in [0.15, 0.2) is 41.5 Å². The Morgan fingerprint density at radius 3 is 2.35 bits per heavy atom. The number of aromatic carboxylic acids is 1. The number of rotatable bonds is 8. The van der Waals surface area contributed by atoms with E-state index in [1.54, 1.807) is 44.2 Å². The number of thiophene rings is 1. The van der Waals surface area contributed by atoms with E-state index < -0.39 is 18.0 Å². The van der Waals surface area contributed by atoms with Crippen LogP contribution >= 0.6 is 11.3 Å². The number of carboxylic acid groups (broad SMARTS) is 1. The molecule has 1 aromatic carbocycles.